The third-order valence-electron chi connectivity index (χ3n) is 4.52. The van der Waals surface area contributed by atoms with E-state index in [1.807, 2.05) is 97.9 Å². The highest BCUT2D eigenvalue weighted by Crippen LogP contribution is 2.32. The van der Waals surface area contributed by atoms with Crippen LogP contribution in [0.2, 0.25) is 0 Å². The lowest BCUT2D eigenvalue weighted by Crippen LogP contribution is -2.15. The van der Waals surface area contributed by atoms with Gasteiger partial charge in [0.05, 0.1) is 17.9 Å². The van der Waals surface area contributed by atoms with E-state index >= 15 is 0 Å². The minimum atomic E-state index is -0.241. The summed E-state index contributed by atoms with van der Waals surface area (Å²) in [7, 11) is 0. The first-order valence-corrected chi connectivity index (χ1v) is 9.54. The lowest BCUT2D eigenvalue weighted by atomic mass is 10.0. The molecule has 0 atom stereocenters. The monoisotopic (exact) mass is 383 g/mol. The molecular weight excluding hydrogens is 362 g/mol. The standard InChI is InChI=1S/C25H21NO3/c1-2-28-23-17-16-18-10-6-7-13-20(18)24(23)25(27)26-21-14-8-9-15-22(21)29-19-11-4-3-5-12-19/h3-17H,2H2,1H3,(H,26,27). The van der Waals surface area contributed by atoms with Crippen molar-refractivity contribution in [2.75, 3.05) is 11.9 Å². The molecule has 0 aliphatic carbocycles. The molecule has 4 aromatic rings. The Kier molecular flexibility index (Phi) is 5.43. The fourth-order valence-electron chi connectivity index (χ4n) is 3.22. The molecular formula is C25H21NO3. The Balaban J connectivity index is 1.70. The average molecular weight is 383 g/mol. The third-order valence-corrected chi connectivity index (χ3v) is 4.52. The van der Waals surface area contributed by atoms with Gasteiger partial charge < -0.3 is 14.8 Å². The predicted octanol–water partition coefficient (Wildman–Crippen LogP) is 6.28. The molecule has 1 amide bonds. The van der Waals surface area contributed by atoms with Crippen molar-refractivity contribution in [2.24, 2.45) is 0 Å². The summed E-state index contributed by atoms with van der Waals surface area (Å²) in [6, 6.07) is 28.4. The maximum Gasteiger partial charge on any atom is 0.260 e. The predicted molar refractivity (Wildman–Crippen MR) is 116 cm³/mol. The number of nitrogens with one attached hydrogen (secondary N) is 1. The number of para-hydroxylation sites is 3. The van der Waals surface area contributed by atoms with E-state index < -0.39 is 0 Å². The largest absolute Gasteiger partial charge is 0.493 e. The Morgan fingerprint density at radius 3 is 2.34 bits per heavy atom. The van der Waals surface area contributed by atoms with Crippen LogP contribution in [0.3, 0.4) is 0 Å². The van der Waals surface area contributed by atoms with Crippen LogP contribution in [0.4, 0.5) is 5.69 Å². The van der Waals surface area contributed by atoms with Gasteiger partial charge in [-0.3, -0.25) is 4.79 Å². The maximum atomic E-state index is 13.3. The average Bonchev–Trinajstić information content (AvgIpc) is 2.76. The summed E-state index contributed by atoms with van der Waals surface area (Å²) in [5.74, 6) is 1.60. The number of ether oxygens (including phenoxy) is 2. The second-order valence-corrected chi connectivity index (χ2v) is 6.46. The number of hydrogen-bond donors (Lipinski definition) is 1. The summed E-state index contributed by atoms with van der Waals surface area (Å²) < 4.78 is 11.7. The molecule has 0 saturated carbocycles. The molecule has 4 heteroatoms. The Labute approximate surface area is 169 Å². The van der Waals surface area contributed by atoms with Gasteiger partial charge in [0.15, 0.2) is 5.75 Å². The maximum absolute atomic E-state index is 13.3. The SMILES string of the molecule is CCOc1ccc2ccccc2c1C(=O)Nc1ccccc1Oc1ccccc1. The van der Waals surface area contributed by atoms with Gasteiger partial charge in [-0.25, -0.2) is 0 Å². The minimum absolute atomic E-state index is 0.241. The summed E-state index contributed by atoms with van der Waals surface area (Å²) in [4.78, 5) is 13.3. The molecule has 0 unspecified atom stereocenters. The minimum Gasteiger partial charge on any atom is -0.493 e. The molecule has 0 heterocycles. The topological polar surface area (TPSA) is 47.6 Å². The molecule has 0 aliphatic rings. The quantitative estimate of drug-likeness (QED) is 0.426. The van der Waals surface area contributed by atoms with Crippen molar-refractivity contribution in [3.63, 3.8) is 0 Å². The van der Waals surface area contributed by atoms with Crippen LogP contribution in [0, 0.1) is 0 Å². The Morgan fingerprint density at radius 1 is 0.793 bits per heavy atom. The van der Waals surface area contributed by atoms with E-state index in [9.17, 15) is 4.79 Å². The second kappa shape index (κ2) is 8.48. The van der Waals surface area contributed by atoms with Crippen molar-refractivity contribution in [1.82, 2.24) is 0 Å². The number of fused-ring (bicyclic) bond motifs is 1. The zero-order chi connectivity index (χ0) is 20.1. The smallest absolute Gasteiger partial charge is 0.260 e. The third kappa shape index (κ3) is 4.06. The van der Waals surface area contributed by atoms with Crippen LogP contribution in [0.15, 0.2) is 91.0 Å². The number of amides is 1. The number of anilines is 1. The zero-order valence-corrected chi connectivity index (χ0v) is 16.1. The molecule has 0 aliphatic heterocycles. The summed E-state index contributed by atoms with van der Waals surface area (Å²) >= 11 is 0. The highest BCUT2D eigenvalue weighted by Gasteiger charge is 2.18. The molecule has 0 radical (unpaired) electrons. The first kappa shape index (κ1) is 18.6. The van der Waals surface area contributed by atoms with Gasteiger partial charge >= 0.3 is 0 Å². The number of hydrogen-bond acceptors (Lipinski definition) is 3. The Bertz CT molecular complexity index is 1140. The van der Waals surface area contributed by atoms with Crippen LogP contribution in [0.25, 0.3) is 10.8 Å². The van der Waals surface area contributed by atoms with Crippen LogP contribution in [0.1, 0.15) is 17.3 Å². The van der Waals surface area contributed by atoms with Crippen molar-refractivity contribution in [3.05, 3.63) is 96.6 Å². The molecule has 0 bridgehead atoms. The second-order valence-electron chi connectivity index (χ2n) is 6.46. The van der Waals surface area contributed by atoms with Gasteiger partial charge in [-0.2, -0.15) is 0 Å². The van der Waals surface area contributed by atoms with E-state index in [-0.39, 0.29) is 5.91 Å². The Morgan fingerprint density at radius 2 is 1.52 bits per heavy atom. The van der Waals surface area contributed by atoms with Crippen molar-refractivity contribution >= 4 is 22.4 Å². The molecule has 0 aromatic heterocycles. The molecule has 4 aromatic carbocycles. The number of rotatable bonds is 6. The molecule has 4 rings (SSSR count). The van der Waals surface area contributed by atoms with Gasteiger partial charge in [-0.15, -0.1) is 0 Å². The van der Waals surface area contributed by atoms with Gasteiger partial charge in [0.1, 0.15) is 11.5 Å². The van der Waals surface area contributed by atoms with E-state index in [0.717, 1.165) is 10.8 Å². The van der Waals surface area contributed by atoms with Crippen molar-refractivity contribution < 1.29 is 14.3 Å². The van der Waals surface area contributed by atoms with Crippen molar-refractivity contribution in [2.45, 2.75) is 6.92 Å². The van der Waals surface area contributed by atoms with Gasteiger partial charge in [0.25, 0.3) is 5.91 Å². The van der Waals surface area contributed by atoms with E-state index in [1.165, 1.54) is 0 Å². The van der Waals surface area contributed by atoms with E-state index in [1.54, 1.807) is 0 Å². The number of benzene rings is 4. The first-order valence-electron chi connectivity index (χ1n) is 9.54. The molecule has 0 fully saturated rings. The molecule has 0 saturated heterocycles. The molecule has 1 N–H and O–H groups in total. The van der Waals surface area contributed by atoms with Crippen LogP contribution >= 0.6 is 0 Å². The van der Waals surface area contributed by atoms with Gasteiger partial charge in [0, 0.05) is 0 Å². The molecule has 144 valence electrons. The lowest BCUT2D eigenvalue weighted by molar-refractivity contribution is 0.102. The van der Waals surface area contributed by atoms with Gasteiger partial charge in [0.2, 0.25) is 0 Å². The van der Waals surface area contributed by atoms with E-state index in [2.05, 4.69) is 5.32 Å². The highest BCUT2D eigenvalue weighted by atomic mass is 16.5. The number of carbonyl (C=O) groups excluding carboxylic acids is 1. The van der Waals surface area contributed by atoms with E-state index in [4.69, 9.17) is 9.47 Å². The molecule has 29 heavy (non-hydrogen) atoms. The summed E-state index contributed by atoms with van der Waals surface area (Å²) in [5, 5.41) is 4.82. The normalized spacial score (nSPS) is 10.5. The first-order chi connectivity index (χ1) is 14.3. The zero-order valence-electron chi connectivity index (χ0n) is 16.1. The van der Waals surface area contributed by atoms with Crippen LogP contribution < -0.4 is 14.8 Å². The summed E-state index contributed by atoms with van der Waals surface area (Å²) in [6.45, 7) is 2.38. The van der Waals surface area contributed by atoms with Crippen molar-refractivity contribution in [1.29, 1.82) is 0 Å². The fraction of sp³-hybridized carbons (Fsp3) is 0.0800. The van der Waals surface area contributed by atoms with Crippen LogP contribution in [-0.4, -0.2) is 12.5 Å². The van der Waals surface area contributed by atoms with E-state index in [0.29, 0.717) is 35.1 Å². The van der Waals surface area contributed by atoms with Crippen LogP contribution in [0.5, 0.6) is 17.2 Å². The van der Waals surface area contributed by atoms with Crippen molar-refractivity contribution in [3.8, 4) is 17.2 Å². The number of carbonyl (C=O) groups is 1. The summed E-state index contributed by atoms with van der Waals surface area (Å²) in [5.41, 5.74) is 1.11. The molecule has 4 nitrogen and oxygen atoms in total. The highest BCUT2D eigenvalue weighted by molar-refractivity contribution is 6.15. The lowest BCUT2D eigenvalue weighted by Gasteiger charge is -2.15. The van der Waals surface area contributed by atoms with Gasteiger partial charge in [-0.1, -0.05) is 60.7 Å². The molecule has 0 spiro atoms. The fourth-order valence-corrected chi connectivity index (χ4v) is 3.22. The van der Waals surface area contributed by atoms with Gasteiger partial charge in [-0.05, 0) is 48.0 Å². The summed E-state index contributed by atoms with van der Waals surface area (Å²) in [6.07, 6.45) is 0. The van der Waals surface area contributed by atoms with Crippen LogP contribution in [-0.2, 0) is 0 Å². The Hall–Kier alpha value is -3.79.